The molecular formula is S9. The summed E-state index contributed by atoms with van der Waals surface area (Å²) in [7, 11) is 7.61. The summed E-state index contributed by atoms with van der Waals surface area (Å²) in [5, 5.41) is 0. The van der Waals surface area contributed by atoms with Gasteiger partial charge in [0, 0.05) is 84.5 Å². The van der Waals surface area contributed by atoms with Crippen LogP contribution in [0.4, 0.5) is 0 Å². The van der Waals surface area contributed by atoms with Gasteiger partial charge in [0.1, 0.15) is 0 Å². The van der Waals surface area contributed by atoms with Gasteiger partial charge in [-0.3, -0.25) is 0 Å². The van der Waals surface area contributed by atoms with Crippen LogP contribution in [0.3, 0.4) is 0 Å². The van der Waals surface area contributed by atoms with E-state index in [0.717, 1.165) is 0 Å². The Morgan fingerprint density at radius 1 is 1.00 bits per heavy atom. The van der Waals surface area contributed by atoms with Gasteiger partial charge < -0.3 is 0 Å². The lowest BCUT2D eigenvalue weighted by Crippen LogP contribution is -1.39. The predicted octanol–water partition coefficient (Wildman–Crippen LogP) is -0.0216. The maximum atomic E-state index is 4.76. The van der Waals surface area contributed by atoms with Crippen molar-refractivity contribution in [3.8, 4) is 0 Å². The third kappa shape index (κ3) is 9.98. The molecule has 0 radical (unpaired) electrons. The Balaban J connectivity index is 5.49. The molecular weight excluding hydrogens is 289 g/mol. The third-order valence-electron chi connectivity index (χ3n) is 0.167. The maximum Gasteiger partial charge on any atom is 0 e. The highest BCUT2D eigenvalue weighted by atomic mass is 33.5. The number of hydrogen-bond acceptors (Lipinski definition) is 3. The first-order valence-electron chi connectivity index (χ1n) is 1.33. The van der Waals surface area contributed by atoms with Gasteiger partial charge in [-0.2, -0.15) is 0 Å². The highest BCUT2D eigenvalue weighted by Crippen LogP contribution is 1.39. The van der Waals surface area contributed by atoms with E-state index < -0.39 is 0 Å². The molecule has 9 heavy (non-hydrogen) atoms. The molecule has 0 aliphatic heterocycles. The molecule has 0 bridgehead atoms. The molecule has 0 amide bonds. The summed E-state index contributed by atoms with van der Waals surface area (Å²) >= 11 is 14.1. The van der Waals surface area contributed by atoms with E-state index in [-0.39, 0.29) is 6.57 Å². The Kier molecular flexibility index (Phi) is 9.86. The first-order chi connectivity index (χ1) is 4.27. The second-order valence-electron chi connectivity index (χ2n) is 0.544. The summed E-state index contributed by atoms with van der Waals surface area (Å²) < 4.78 is 0. The molecule has 0 aliphatic carbocycles. The van der Waals surface area contributed by atoms with Gasteiger partial charge in [0.25, 0.3) is 0 Å². The zero-order chi connectivity index (χ0) is 7.11. The van der Waals surface area contributed by atoms with E-state index in [1.54, 1.807) is 26.6 Å². The van der Waals surface area contributed by atoms with Crippen LogP contribution in [0.5, 0.6) is 0 Å². The average Bonchev–Trinajstić information content (AvgIpc) is 1.80. The van der Waals surface area contributed by atoms with Crippen LogP contribution in [-0.2, 0) is 84.5 Å². The highest BCUT2D eigenvalue weighted by molar-refractivity contribution is 8.76. The van der Waals surface area contributed by atoms with Crippen molar-refractivity contribution >= 4 is 84.5 Å². The van der Waals surface area contributed by atoms with Gasteiger partial charge in [0.05, 0.1) is 0 Å². The molecule has 0 N–H and O–H groups in total. The van der Waals surface area contributed by atoms with Crippen LogP contribution < -0.4 is 0 Å². The summed E-state index contributed by atoms with van der Waals surface area (Å²) in [6, 6.07) is 0. The molecule has 0 heterocycles. The van der Waals surface area contributed by atoms with Crippen molar-refractivity contribution in [1.29, 1.82) is 0 Å². The topological polar surface area (TPSA) is 0 Å². The van der Waals surface area contributed by atoms with E-state index in [0.29, 0.717) is 0 Å². The molecule has 0 nitrogen and oxygen atoms in total. The van der Waals surface area contributed by atoms with Crippen molar-refractivity contribution < 1.29 is 0 Å². The third-order valence-corrected chi connectivity index (χ3v) is 13.5. The molecule has 0 aromatic rings. The van der Waals surface area contributed by atoms with Crippen molar-refractivity contribution in [2.75, 3.05) is 0 Å². The zero-order valence-electron chi connectivity index (χ0n) is 3.67. The molecule has 9 heteroatoms. The van der Waals surface area contributed by atoms with E-state index in [4.69, 9.17) is 22.4 Å². The summed E-state index contributed by atoms with van der Waals surface area (Å²) in [5.74, 6) is 0. The van der Waals surface area contributed by atoms with Crippen molar-refractivity contribution in [1.82, 2.24) is 0 Å². The van der Waals surface area contributed by atoms with Gasteiger partial charge in [0.2, 0.25) is 0 Å². The van der Waals surface area contributed by atoms with Crippen LogP contribution in [0, 0.1) is 0 Å². The maximum absolute atomic E-state index is 4.76. The van der Waals surface area contributed by atoms with Crippen molar-refractivity contribution in [2.45, 2.75) is 0 Å². The Hall–Kier alpha value is 1.98. The summed E-state index contributed by atoms with van der Waals surface area (Å²) in [6.07, 6.45) is 0. The van der Waals surface area contributed by atoms with Gasteiger partial charge >= 0.3 is 0 Å². The Morgan fingerprint density at radius 2 is 1.67 bits per heavy atom. The Labute approximate surface area is 83.2 Å². The fourth-order valence-electron chi connectivity index (χ4n) is 0.0567. The lowest BCUT2D eigenvalue weighted by Gasteiger charge is -1.39. The molecule has 0 aliphatic rings. The zero-order valence-corrected chi connectivity index (χ0v) is 11.0. The molecule has 54 valence electrons. The smallest absolute Gasteiger partial charge is 0 e. The monoisotopic (exact) mass is 288 g/mol. The lowest BCUT2D eigenvalue weighted by molar-refractivity contribution is 5.98. The average molecular weight is 289 g/mol. The van der Waals surface area contributed by atoms with E-state index >= 15 is 0 Å². The molecule has 0 fully saturated rings. The Morgan fingerprint density at radius 3 is 2.11 bits per heavy atom. The van der Waals surface area contributed by atoms with Crippen LogP contribution in [-0.4, -0.2) is 0 Å². The summed E-state index contributed by atoms with van der Waals surface area (Å²) in [5.41, 5.74) is 0. The Bertz CT molecular complexity index is 352. The first-order valence-corrected chi connectivity index (χ1v) is 12.0. The highest BCUT2D eigenvalue weighted by Gasteiger charge is 1.39. The fourth-order valence-corrected chi connectivity index (χ4v) is 13.8. The van der Waals surface area contributed by atoms with E-state index in [9.17, 15) is 0 Å². The minimum atomic E-state index is -0.350. The quantitative estimate of drug-likeness (QED) is 0.615. The summed E-state index contributed by atoms with van der Waals surface area (Å²) in [4.78, 5) is 0. The first kappa shape index (κ1) is 11.0. The minimum absolute atomic E-state index is 0.350. The number of rotatable bonds is 0. The molecule has 0 saturated carbocycles. The second-order valence-corrected chi connectivity index (χ2v) is 14.7. The molecule has 0 unspecified atom stereocenters. The van der Waals surface area contributed by atoms with E-state index in [2.05, 4.69) is 11.2 Å². The van der Waals surface area contributed by atoms with Crippen molar-refractivity contribution in [3.63, 3.8) is 0 Å². The van der Waals surface area contributed by atoms with Crippen LogP contribution in [0.1, 0.15) is 0 Å². The van der Waals surface area contributed by atoms with Crippen LogP contribution in [0.15, 0.2) is 0 Å². The molecule has 0 rings (SSSR count). The normalized spacial score (nSPS) is 7.11. The fraction of sp³-hybridized carbons (Fsp3) is 0. The number of hydrogen-bond donors (Lipinski definition) is 0. The minimum Gasteiger partial charge on any atom is 0 e. The molecule has 0 atom stereocenters. The van der Waals surface area contributed by atoms with Crippen LogP contribution in [0.25, 0.3) is 0 Å². The molecule has 0 saturated heterocycles. The largest absolute Gasteiger partial charge is 0 e. The lowest BCUT2D eigenvalue weighted by atomic mass is 30.7. The van der Waals surface area contributed by atoms with Gasteiger partial charge in [-0.05, 0) is 0 Å². The van der Waals surface area contributed by atoms with Gasteiger partial charge in [0.15, 0.2) is 0 Å². The van der Waals surface area contributed by atoms with E-state index in [1.165, 1.54) is 17.8 Å². The standard InChI is InChI=1S/S9/c1-4-5-6-7-8-9(2)3. The molecule has 0 aromatic carbocycles. The van der Waals surface area contributed by atoms with Gasteiger partial charge in [-0.15, -0.1) is 0 Å². The van der Waals surface area contributed by atoms with Gasteiger partial charge in [-0.25, -0.2) is 0 Å². The van der Waals surface area contributed by atoms with Gasteiger partial charge in [-0.1, -0.05) is 0 Å². The molecule has 0 aromatic heterocycles. The predicted molar refractivity (Wildman–Crippen MR) is 66.3 cm³/mol. The van der Waals surface area contributed by atoms with Crippen molar-refractivity contribution in [2.24, 2.45) is 0 Å². The van der Waals surface area contributed by atoms with E-state index in [1.807, 2.05) is 0 Å². The van der Waals surface area contributed by atoms with Crippen molar-refractivity contribution in [3.05, 3.63) is 0 Å². The molecule has 0 spiro atoms. The second kappa shape index (κ2) is 8.08. The van der Waals surface area contributed by atoms with Crippen LogP contribution >= 0.6 is 0 Å². The van der Waals surface area contributed by atoms with Crippen LogP contribution in [0.2, 0.25) is 0 Å². The summed E-state index contributed by atoms with van der Waals surface area (Å²) in [6.45, 7) is -0.350. The SMILES string of the molecule is S=S=S=S=S=S=S(=S)=S.